The minimum atomic E-state index is -0.562. The first-order valence-corrected chi connectivity index (χ1v) is 9.73. The lowest BCUT2D eigenvalue weighted by atomic mass is 10.1. The quantitative estimate of drug-likeness (QED) is 0.328. The average Bonchev–Trinajstić information content (AvgIpc) is 3.16. The first kappa shape index (κ1) is 19.0. The van der Waals surface area contributed by atoms with Gasteiger partial charge in [0.05, 0.1) is 38.0 Å². The van der Waals surface area contributed by atoms with E-state index in [-0.39, 0.29) is 22.8 Å². The van der Waals surface area contributed by atoms with E-state index in [0.717, 1.165) is 10.2 Å². The molecule has 144 valence electrons. The van der Waals surface area contributed by atoms with Gasteiger partial charge in [-0.05, 0) is 30.3 Å². The number of hydrogen-bond donors (Lipinski definition) is 0. The minimum Gasteiger partial charge on any atom is -0.278 e. The SMILES string of the molecule is O=C(c1cc([N+](=O)[O-])ccc1Cl)N(Cc1ccccn1)c1nc2ccccc2s1. The fourth-order valence-corrected chi connectivity index (χ4v) is 3.95. The molecule has 4 rings (SSSR count). The molecule has 0 aliphatic carbocycles. The summed E-state index contributed by atoms with van der Waals surface area (Å²) in [5.74, 6) is -0.483. The zero-order chi connectivity index (χ0) is 20.4. The second-order valence-electron chi connectivity index (χ2n) is 6.10. The highest BCUT2D eigenvalue weighted by Crippen LogP contribution is 2.32. The van der Waals surface area contributed by atoms with Crippen molar-refractivity contribution in [1.82, 2.24) is 9.97 Å². The third-order valence-corrected chi connectivity index (χ3v) is 5.59. The number of thiazole rings is 1. The fourth-order valence-electron chi connectivity index (χ4n) is 2.79. The Morgan fingerprint density at radius 3 is 2.66 bits per heavy atom. The van der Waals surface area contributed by atoms with E-state index >= 15 is 0 Å². The van der Waals surface area contributed by atoms with Gasteiger partial charge in [0, 0.05) is 18.3 Å². The summed E-state index contributed by atoms with van der Waals surface area (Å²) in [7, 11) is 0. The van der Waals surface area contributed by atoms with E-state index < -0.39 is 10.8 Å². The molecule has 0 N–H and O–H groups in total. The van der Waals surface area contributed by atoms with Crippen LogP contribution in [0.5, 0.6) is 0 Å². The number of pyridine rings is 1. The van der Waals surface area contributed by atoms with Gasteiger partial charge >= 0.3 is 0 Å². The number of nitro groups is 1. The van der Waals surface area contributed by atoms with E-state index in [9.17, 15) is 14.9 Å². The van der Waals surface area contributed by atoms with E-state index in [1.807, 2.05) is 30.3 Å². The molecule has 2 aromatic carbocycles. The summed E-state index contributed by atoms with van der Waals surface area (Å²) >= 11 is 7.56. The molecule has 0 aliphatic rings. The normalized spacial score (nSPS) is 10.8. The maximum atomic E-state index is 13.4. The second-order valence-corrected chi connectivity index (χ2v) is 7.51. The number of carbonyl (C=O) groups excluding carboxylic acids is 1. The lowest BCUT2D eigenvalue weighted by Gasteiger charge is -2.20. The largest absolute Gasteiger partial charge is 0.278 e. The van der Waals surface area contributed by atoms with Crippen LogP contribution in [0.15, 0.2) is 66.9 Å². The molecule has 9 heteroatoms. The average molecular weight is 425 g/mol. The van der Waals surface area contributed by atoms with Crippen LogP contribution in [-0.2, 0) is 6.54 Å². The van der Waals surface area contributed by atoms with E-state index in [2.05, 4.69) is 9.97 Å². The van der Waals surface area contributed by atoms with Gasteiger partial charge in [0.15, 0.2) is 5.13 Å². The van der Waals surface area contributed by atoms with Gasteiger partial charge in [0.2, 0.25) is 0 Å². The Bertz CT molecular complexity index is 1180. The van der Waals surface area contributed by atoms with Crippen molar-refractivity contribution in [2.24, 2.45) is 0 Å². The van der Waals surface area contributed by atoms with E-state index in [4.69, 9.17) is 11.6 Å². The van der Waals surface area contributed by atoms with Crippen molar-refractivity contribution in [3.05, 3.63) is 93.3 Å². The highest BCUT2D eigenvalue weighted by molar-refractivity contribution is 7.22. The summed E-state index contributed by atoms with van der Waals surface area (Å²) in [6, 6.07) is 16.7. The fraction of sp³-hybridized carbons (Fsp3) is 0.0500. The van der Waals surface area contributed by atoms with Crippen LogP contribution < -0.4 is 4.90 Å². The van der Waals surface area contributed by atoms with Gasteiger partial charge in [-0.2, -0.15) is 0 Å². The molecule has 0 bridgehead atoms. The predicted molar refractivity (Wildman–Crippen MR) is 112 cm³/mol. The molecule has 4 aromatic rings. The van der Waals surface area contributed by atoms with Crippen LogP contribution in [0.4, 0.5) is 10.8 Å². The topological polar surface area (TPSA) is 89.2 Å². The zero-order valence-electron chi connectivity index (χ0n) is 14.9. The number of fused-ring (bicyclic) bond motifs is 1. The molecule has 2 heterocycles. The zero-order valence-corrected chi connectivity index (χ0v) is 16.4. The Kier molecular flexibility index (Phi) is 5.20. The van der Waals surface area contributed by atoms with Gasteiger partial charge in [-0.25, -0.2) is 4.98 Å². The highest BCUT2D eigenvalue weighted by atomic mass is 35.5. The first-order valence-electron chi connectivity index (χ1n) is 8.54. The van der Waals surface area contributed by atoms with Crippen LogP contribution in [0, 0.1) is 10.1 Å². The van der Waals surface area contributed by atoms with Gasteiger partial charge in [-0.3, -0.25) is 24.8 Å². The van der Waals surface area contributed by atoms with Crippen LogP contribution in [0.25, 0.3) is 10.2 Å². The van der Waals surface area contributed by atoms with Gasteiger partial charge in [0.1, 0.15) is 0 Å². The number of benzene rings is 2. The summed E-state index contributed by atoms with van der Waals surface area (Å²) < 4.78 is 0.923. The molecular formula is C20H13ClN4O3S. The van der Waals surface area contributed by atoms with Gasteiger partial charge < -0.3 is 0 Å². The number of aromatic nitrogens is 2. The number of hydrogen-bond acceptors (Lipinski definition) is 6. The van der Waals surface area contributed by atoms with Crippen molar-refractivity contribution in [1.29, 1.82) is 0 Å². The Morgan fingerprint density at radius 1 is 1.14 bits per heavy atom. The van der Waals surface area contributed by atoms with Crippen LogP contribution in [0.1, 0.15) is 16.1 Å². The summed E-state index contributed by atoms with van der Waals surface area (Å²) in [5.41, 5.74) is 1.24. The van der Waals surface area contributed by atoms with Crippen molar-refractivity contribution in [2.75, 3.05) is 4.90 Å². The maximum absolute atomic E-state index is 13.4. The summed E-state index contributed by atoms with van der Waals surface area (Å²) in [4.78, 5) is 34.3. The third-order valence-electron chi connectivity index (χ3n) is 4.20. The number of anilines is 1. The van der Waals surface area contributed by atoms with E-state index in [0.29, 0.717) is 10.8 Å². The predicted octanol–water partition coefficient (Wildman–Crippen LogP) is 5.10. The molecule has 1 amide bonds. The summed E-state index contributed by atoms with van der Waals surface area (Å²) in [6.07, 6.45) is 1.64. The lowest BCUT2D eigenvalue weighted by molar-refractivity contribution is -0.384. The highest BCUT2D eigenvalue weighted by Gasteiger charge is 2.25. The molecule has 7 nitrogen and oxygen atoms in total. The lowest BCUT2D eigenvalue weighted by Crippen LogP contribution is -2.31. The van der Waals surface area contributed by atoms with Crippen LogP contribution in [0.2, 0.25) is 5.02 Å². The molecule has 0 saturated heterocycles. The second kappa shape index (κ2) is 7.94. The molecule has 0 unspecified atom stereocenters. The summed E-state index contributed by atoms with van der Waals surface area (Å²) in [6.45, 7) is 0.151. The maximum Gasteiger partial charge on any atom is 0.270 e. The molecule has 2 aromatic heterocycles. The monoisotopic (exact) mass is 424 g/mol. The van der Waals surface area contributed by atoms with Crippen molar-refractivity contribution in [3.8, 4) is 0 Å². The van der Waals surface area contributed by atoms with Gasteiger partial charge in [0.25, 0.3) is 11.6 Å². The van der Waals surface area contributed by atoms with E-state index in [1.54, 1.807) is 18.3 Å². The number of nitro benzene ring substituents is 1. The van der Waals surface area contributed by atoms with Crippen molar-refractivity contribution in [2.45, 2.75) is 6.54 Å². The molecule has 0 radical (unpaired) electrons. The first-order chi connectivity index (χ1) is 14.0. The Labute approximate surface area is 174 Å². The van der Waals surface area contributed by atoms with Crippen LogP contribution in [-0.4, -0.2) is 20.8 Å². The number of halogens is 1. The number of nitrogens with zero attached hydrogens (tertiary/aromatic N) is 4. The molecule has 0 saturated carbocycles. The number of rotatable bonds is 5. The summed E-state index contributed by atoms with van der Waals surface area (Å²) in [5, 5.41) is 11.7. The van der Waals surface area contributed by atoms with E-state index in [1.165, 1.54) is 34.4 Å². The van der Waals surface area contributed by atoms with Gasteiger partial charge in [-0.15, -0.1) is 0 Å². The molecule has 0 aliphatic heterocycles. The molecule has 29 heavy (non-hydrogen) atoms. The minimum absolute atomic E-state index is 0.0380. The standard InChI is InChI=1S/C20H13ClN4O3S/c21-16-9-8-14(25(27)28)11-15(16)19(26)24(12-13-5-3-4-10-22-13)20-23-17-6-1-2-7-18(17)29-20/h1-11H,12H2. The van der Waals surface area contributed by atoms with Crippen LogP contribution >= 0.6 is 22.9 Å². The van der Waals surface area contributed by atoms with Crippen LogP contribution in [0.3, 0.4) is 0 Å². The smallest absolute Gasteiger partial charge is 0.270 e. The third kappa shape index (κ3) is 3.94. The number of carbonyl (C=O) groups is 1. The van der Waals surface area contributed by atoms with Crippen molar-refractivity contribution < 1.29 is 9.72 Å². The molecule has 0 atom stereocenters. The Morgan fingerprint density at radius 2 is 1.93 bits per heavy atom. The Balaban J connectivity index is 1.80. The van der Waals surface area contributed by atoms with Gasteiger partial charge in [-0.1, -0.05) is 41.1 Å². The number of non-ortho nitro benzene ring substituents is 1. The molecular weight excluding hydrogens is 412 g/mol. The number of amides is 1. The molecule has 0 fully saturated rings. The Hall–Kier alpha value is -3.36. The number of para-hydroxylation sites is 1. The van der Waals surface area contributed by atoms with Crippen molar-refractivity contribution >= 4 is 49.9 Å². The molecule has 0 spiro atoms. The van der Waals surface area contributed by atoms with Crippen molar-refractivity contribution in [3.63, 3.8) is 0 Å².